The Labute approximate surface area is 174 Å². The third-order valence-corrected chi connectivity index (χ3v) is 7.54. The van der Waals surface area contributed by atoms with Gasteiger partial charge in [-0.15, -0.1) is 0 Å². The molecule has 1 spiro atoms. The van der Waals surface area contributed by atoms with Crippen LogP contribution in [0.1, 0.15) is 64.8 Å². The summed E-state index contributed by atoms with van der Waals surface area (Å²) in [6.07, 6.45) is 4.74. The molecule has 8 nitrogen and oxygen atoms in total. The molecular weight excluding hydrogens is 384 g/mol. The molecule has 1 aliphatic carbocycles. The van der Waals surface area contributed by atoms with E-state index >= 15 is 0 Å². The van der Waals surface area contributed by atoms with Gasteiger partial charge >= 0.3 is 0 Å². The maximum Gasteiger partial charge on any atom is 0.262 e. The standard InChI is InChI=1S/C22H26N4O4/c23-16-6-7-22(16)8-10-25(11-9-22)12-13-2-1-3-14-18(13)21(30)26(20(14)29)15-4-5-17(27)24-19(15)28/h1-3,15-16H,4-12,23H2,(H,24,27,28). The van der Waals surface area contributed by atoms with Crippen LogP contribution in [0.2, 0.25) is 0 Å². The zero-order valence-electron chi connectivity index (χ0n) is 16.9. The minimum absolute atomic E-state index is 0.119. The predicted octanol–water partition coefficient (Wildman–Crippen LogP) is 0.791. The Balaban J connectivity index is 1.35. The van der Waals surface area contributed by atoms with Gasteiger partial charge in [0.15, 0.2) is 0 Å². The first-order valence-corrected chi connectivity index (χ1v) is 10.7. The topological polar surface area (TPSA) is 113 Å². The Bertz CT molecular complexity index is 950. The van der Waals surface area contributed by atoms with Crippen LogP contribution in [0.5, 0.6) is 0 Å². The Hall–Kier alpha value is -2.58. The van der Waals surface area contributed by atoms with Crippen LogP contribution in [0.15, 0.2) is 18.2 Å². The van der Waals surface area contributed by atoms with Gasteiger partial charge in [0, 0.05) is 19.0 Å². The number of piperidine rings is 2. The van der Waals surface area contributed by atoms with Crippen LogP contribution in [0.25, 0.3) is 0 Å². The molecule has 2 saturated heterocycles. The van der Waals surface area contributed by atoms with Gasteiger partial charge in [-0.25, -0.2) is 0 Å². The van der Waals surface area contributed by atoms with E-state index in [0.29, 0.717) is 29.1 Å². The van der Waals surface area contributed by atoms with Crippen LogP contribution in [0.4, 0.5) is 0 Å². The van der Waals surface area contributed by atoms with Gasteiger partial charge in [-0.1, -0.05) is 12.1 Å². The van der Waals surface area contributed by atoms with Gasteiger partial charge in [0.05, 0.1) is 11.1 Å². The Morgan fingerprint density at radius 1 is 1.03 bits per heavy atom. The first kappa shape index (κ1) is 19.4. The largest absolute Gasteiger partial charge is 0.327 e. The van der Waals surface area contributed by atoms with Crippen LogP contribution in [0, 0.1) is 5.41 Å². The molecule has 0 radical (unpaired) electrons. The van der Waals surface area contributed by atoms with Gasteiger partial charge < -0.3 is 5.73 Å². The molecule has 1 saturated carbocycles. The summed E-state index contributed by atoms with van der Waals surface area (Å²) in [6, 6.07) is 4.70. The van der Waals surface area contributed by atoms with Crippen LogP contribution < -0.4 is 11.1 Å². The fourth-order valence-electron chi connectivity index (χ4n) is 5.45. The fourth-order valence-corrected chi connectivity index (χ4v) is 5.45. The maximum atomic E-state index is 13.2. The van der Waals surface area contributed by atoms with Crippen molar-refractivity contribution in [3.05, 3.63) is 34.9 Å². The highest BCUT2D eigenvalue weighted by atomic mass is 16.2. The van der Waals surface area contributed by atoms with E-state index in [1.54, 1.807) is 12.1 Å². The number of amides is 4. The van der Waals surface area contributed by atoms with Crippen molar-refractivity contribution < 1.29 is 19.2 Å². The molecular formula is C22H26N4O4. The van der Waals surface area contributed by atoms with Crippen molar-refractivity contribution in [3.63, 3.8) is 0 Å². The lowest BCUT2D eigenvalue weighted by molar-refractivity contribution is -0.136. The third-order valence-electron chi connectivity index (χ3n) is 7.54. The second-order valence-electron chi connectivity index (χ2n) is 9.07. The van der Waals surface area contributed by atoms with Crippen LogP contribution in [-0.4, -0.2) is 58.6 Å². The van der Waals surface area contributed by atoms with E-state index in [1.807, 2.05) is 6.07 Å². The van der Waals surface area contributed by atoms with Gasteiger partial charge in [0.1, 0.15) is 6.04 Å². The number of rotatable bonds is 3. The van der Waals surface area contributed by atoms with E-state index in [0.717, 1.165) is 42.8 Å². The molecule has 0 bridgehead atoms. The molecule has 3 fully saturated rings. The van der Waals surface area contributed by atoms with E-state index in [1.165, 1.54) is 6.42 Å². The Kier molecular flexibility index (Phi) is 4.52. The first-order valence-electron chi connectivity index (χ1n) is 10.7. The number of imide groups is 2. The highest BCUT2D eigenvalue weighted by Crippen LogP contribution is 2.48. The molecule has 1 aromatic rings. The van der Waals surface area contributed by atoms with E-state index in [-0.39, 0.29) is 18.7 Å². The number of likely N-dealkylation sites (tertiary alicyclic amines) is 1. The van der Waals surface area contributed by atoms with Crippen molar-refractivity contribution in [2.45, 2.75) is 57.2 Å². The third kappa shape index (κ3) is 2.89. The summed E-state index contributed by atoms with van der Waals surface area (Å²) in [6.45, 7) is 2.45. The summed E-state index contributed by atoms with van der Waals surface area (Å²) in [4.78, 5) is 53.2. The minimum atomic E-state index is -0.933. The lowest BCUT2D eigenvalue weighted by Gasteiger charge is -2.52. The number of hydrogen-bond acceptors (Lipinski definition) is 6. The number of fused-ring (bicyclic) bond motifs is 1. The summed E-state index contributed by atoms with van der Waals surface area (Å²) >= 11 is 0. The predicted molar refractivity (Wildman–Crippen MR) is 107 cm³/mol. The van der Waals surface area contributed by atoms with E-state index in [9.17, 15) is 19.2 Å². The smallest absolute Gasteiger partial charge is 0.262 e. The molecule has 1 aromatic carbocycles. The van der Waals surface area contributed by atoms with Crippen LogP contribution in [0.3, 0.4) is 0 Å². The quantitative estimate of drug-likeness (QED) is 0.713. The fraction of sp³-hybridized carbons (Fsp3) is 0.545. The van der Waals surface area contributed by atoms with Gasteiger partial charge in [0.2, 0.25) is 11.8 Å². The summed E-state index contributed by atoms with van der Waals surface area (Å²) in [5.41, 5.74) is 8.09. The van der Waals surface area contributed by atoms with Crippen molar-refractivity contribution in [1.82, 2.24) is 15.1 Å². The number of nitrogens with two attached hydrogens (primary N) is 1. The summed E-state index contributed by atoms with van der Waals surface area (Å²) in [7, 11) is 0. The lowest BCUT2D eigenvalue weighted by Crippen LogP contribution is -2.56. The second-order valence-corrected chi connectivity index (χ2v) is 9.07. The van der Waals surface area contributed by atoms with E-state index in [4.69, 9.17) is 5.73 Å². The molecule has 2 atom stereocenters. The van der Waals surface area contributed by atoms with Crippen molar-refractivity contribution in [2.75, 3.05) is 13.1 Å². The van der Waals surface area contributed by atoms with Crippen molar-refractivity contribution in [3.8, 4) is 0 Å². The van der Waals surface area contributed by atoms with Gasteiger partial charge in [-0.2, -0.15) is 0 Å². The van der Waals surface area contributed by atoms with Crippen molar-refractivity contribution in [2.24, 2.45) is 11.1 Å². The molecule has 4 amide bonds. The monoisotopic (exact) mass is 410 g/mol. The maximum absolute atomic E-state index is 13.2. The molecule has 3 aliphatic heterocycles. The molecule has 8 heteroatoms. The van der Waals surface area contributed by atoms with Crippen molar-refractivity contribution in [1.29, 1.82) is 0 Å². The van der Waals surface area contributed by atoms with Crippen LogP contribution in [-0.2, 0) is 16.1 Å². The average molecular weight is 410 g/mol. The number of benzene rings is 1. The van der Waals surface area contributed by atoms with Gasteiger partial charge in [0.25, 0.3) is 11.8 Å². The van der Waals surface area contributed by atoms with Gasteiger partial charge in [-0.3, -0.25) is 34.3 Å². The normalized spacial score (nSPS) is 28.5. The Morgan fingerprint density at radius 3 is 2.43 bits per heavy atom. The second kappa shape index (κ2) is 6.99. The number of nitrogens with one attached hydrogen (secondary N) is 1. The van der Waals surface area contributed by atoms with Gasteiger partial charge in [-0.05, 0) is 62.2 Å². The molecule has 158 valence electrons. The lowest BCUT2D eigenvalue weighted by atomic mass is 9.60. The molecule has 5 rings (SSSR count). The highest BCUT2D eigenvalue weighted by Gasteiger charge is 2.47. The number of hydrogen-bond donors (Lipinski definition) is 2. The first-order chi connectivity index (χ1) is 14.4. The number of nitrogens with zero attached hydrogens (tertiary/aromatic N) is 2. The number of carbonyl (C=O) groups is 4. The van der Waals surface area contributed by atoms with E-state index < -0.39 is 23.8 Å². The summed E-state index contributed by atoms with van der Waals surface area (Å²) < 4.78 is 0. The molecule has 2 unspecified atom stereocenters. The number of carbonyl (C=O) groups excluding carboxylic acids is 4. The SMILES string of the molecule is NC1CCC12CCN(Cc1cccc3c1C(=O)N(C1CCC(=O)NC1=O)C3=O)CC2. The van der Waals surface area contributed by atoms with Crippen molar-refractivity contribution >= 4 is 23.6 Å². The minimum Gasteiger partial charge on any atom is -0.327 e. The zero-order chi connectivity index (χ0) is 21.0. The molecule has 3 heterocycles. The highest BCUT2D eigenvalue weighted by molar-refractivity contribution is 6.24. The zero-order valence-corrected chi connectivity index (χ0v) is 16.9. The average Bonchev–Trinajstić information content (AvgIpc) is 2.99. The van der Waals surface area contributed by atoms with Crippen LogP contribution >= 0.6 is 0 Å². The summed E-state index contributed by atoms with van der Waals surface area (Å²) in [5, 5.41) is 2.23. The molecule has 30 heavy (non-hydrogen) atoms. The van der Waals surface area contributed by atoms with E-state index in [2.05, 4.69) is 10.2 Å². The molecule has 4 aliphatic rings. The Morgan fingerprint density at radius 2 is 1.80 bits per heavy atom. The molecule has 0 aromatic heterocycles. The molecule has 3 N–H and O–H groups in total. The summed E-state index contributed by atoms with van der Waals surface area (Å²) in [5.74, 6) is -1.85.